The van der Waals surface area contributed by atoms with Gasteiger partial charge in [0.25, 0.3) is 23.6 Å². The van der Waals surface area contributed by atoms with Gasteiger partial charge in [-0.15, -0.1) is 0 Å². The Labute approximate surface area is 748 Å². The van der Waals surface area contributed by atoms with Crippen molar-refractivity contribution >= 4 is 99.4 Å². The Morgan fingerprint density at radius 1 is 0.496 bits per heavy atom. The molecule has 4 aromatic heterocycles. The van der Waals surface area contributed by atoms with Crippen LogP contribution in [-0.4, -0.2) is 177 Å². The number of amides is 8. The molecule has 6 aliphatic heterocycles. The second kappa shape index (κ2) is 43.7. The van der Waals surface area contributed by atoms with Gasteiger partial charge >= 0.3 is 18.3 Å². The molecule has 0 bridgehead atoms. The number of carbonyl (C=O) groups excluding carboxylic acids is 11. The van der Waals surface area contributed by atoms with E-state index in [1.807, 2.05) is 126 Å². The van der Waals surface area contributed by atoms with Gasteiger partial charge < -0.3 is 93.0 Å². The number of nitrogens with zero attached hydrogens (tertiary/aromatic N) is 8. The van der Waals surface area contributed by atoms with Crippen LogP contribution >= 0.6 is 0 Å². The van der Waals surface area contributed by atoms with Crippen molar-refractivity contribution in [1.82, 2.24) is 28.1 Å². The SMILES string of the molecule is C=CCOC(=O)N1c2cc(OCCCC(=O)Nc3cc(C(=O)Nc4ccc(-c5cc(C(=O)Cc6ccc(N)cc6)n(C)c5)cc4)n(C)c3)c(C)cc2C(=O)N2CCCC[C@H]2C1OC1CCCCO1.C=CCOC(=O)N1c2cc(OCCCC(=O)Nc3cc(C(=O)Nc4ccc(-c5ccn(C)c5)cc4)n(C)c3)c(C)cc2C(=O)N2CCCC[C@H]2C1OC1CCCCO1.O=C=O. The lowest BCUT2D eigenvalue weighted by Gasteiger charge is -2.42. The van der Waals surface area contributed by atoms with E-state index in [2.05, 4.69) is 34.4 Å². The van der Waals surface area contributed by atoms with Gasteiger partial charge in [0.15, 0.2) is 30.8 Å². The molecule has 9 aromatic rings. The lowest BCUT2D eigenvalue weighted by molar-refractivity contribution is -0.199. The van der Waals surface area contributed by atoms with E-state index in [0.717, 1.165) is 79.2 Å². The number of aryl methyl sites for hydroxylation is 6. The number of hydrogen-bond donors (Lipinski definition) is 5. The number of hydrogen-bond acceptors (Lipinski definition) is 20. The molecule has 0 saturated carbocycles. The Morgan fingerprint density at radius 2 is 0.938 bits per heavy atom. The van der Waals surface area contributed by atoms with Crippen molar-refractivity contribution in [2.45, 2.75) is 160 Å². The molecule has 6 aliphatic rings. The zero-order chi connectivity index (χ0) is 91.4. The van der Waals surface area contributed by atoms with E-state index < -0.39 is 49.3 Å². The van der Waals surface area contributed by atoms with Crippen LogP contribution in [0.4, 0.5) is 49.4 Å². The van der Waals surface area contributed by atoms with Crippen LogP contribution in [0.5, 0.6) is 11.5 Å². The monoisotopic (exact) mass is 1760 g/mol. The first kappa shape index (κ1) is 93.0. The summed E-state index contributed by atoms with van der Waals surface area (Å²) in [5.41, 5.74) is 17.5. The molecular weight excluding hydrogens is 1650 g/mol. The topological polar surface area (TPSA) is 368 Å². The Bertz CT molecular complexity index is 5580. The second-order valence-electron chi connectivity index (χ2n) is 32.7. The molecule has 6 N–H and O–H groups in total. The third-order valence-electron chi connectivity index (χ3n) is 23.3. The molecule has 0 radical (unpaired) electrons. The second-order valence-corrected chi connectivity index (χ2v) is 32.7. The van der Waals surface area contributed by atoms with Gasteiger partial charge in [0.05, 0.1) is 64.9 Å². The first-order chi connectivity index (χ1) is 62.4. The van der Waals surface area contributed by atoms with Crippen LogP contribution in [0.2, 0.25) is 0 Å². The van der Waals surface area contributed by atoms with Crippen LogP contribution in [0, 0.1) is 13.8 Å². The van der Waals surface area contributed by atoms with Gasteiger partial charge in [-0.3, -0.25) is 33.6 Å². The van der Waals surface area contributed by atoms with E-state index in [1.54, 1.807) is 96.3 Å². The number of rotatable bonds is 29. The molecule has 5 aromatic carbocycles. The zero-order valence-electron chi connectivity index (χ0n) is 73.6. The number of nitrogens with two attached hydrogens (primary N) is 1. The van der Waals surface area contributed by atoms with Gasteiger partial charge in [-0.2, -0.15) is 9.59 Å². The van der Waals surface area contributed by atoms with Gasteiger partial charge in [0.1, 0.15) is 36.1 Å². The number of fused-ring (bicyclic) bond motifs is 4. The minimum atomic E-state index is -0.863. The molecule has 6 atom stereocenters. The number of ketones is 1. The maximum Gasteiger partial charge on any atom is 0.416 e. The van der Waals surface area contributed by atoms with Gasteiger partial charge in [0.2, 0.25) is 11.8 Å². The van der Waals surface area contributed by atoms with E-state index in [9.17, 15) is 43.2 Å². The van der Waals surface area contributed by atoms with Crippen LogP contribution in [0.25, 0.3) is 22.3 Å². The number of anilines is 7. The van der Waals surface area contributed by atoms with E-state index in [4.69, 9.17) is 53.2 Å². The average Bonchev–Trinajstić information content (AvgIpc) is 1.60. The number of ether oxygens (including phenoxy) is 8. The lowest BCUT2D eigenvalue weighted by atomic mass is 10.00. The maximum absolute atomic E-state index is 14.2. The predicted octanol–water partition coefficient (Wildman–Crippen LogP) is 15.2. The third kappa shape index (κ3) is 23.2. The number of benzene rings is 5. The normalized spacial score (nSPS) is 18.1. The van der Waals surface area contributed by atoms with Crippen molar-refractivity contribution < 1.29 is 90.6 Å². The van der Waals surface area contributed by atoms with Crippen molar-refractivity contribution in [3.63, 3.8) is 0 Å². The summed E-state index contributed by atoms with van der Waals surface area (Å²) in [6.45, 7) is 13.6. The summed E-state index contributed by atoms with van der Waals surface area (Å²) in [6.07, 6.45) is 19.5. The fourth-order valence-electron chi connectivity index (χ4n) is 16.9. The van der Waals surface area contributed by atoms with Crippen molar-refractivity contribution in [3.05, 3.63) is 223 Å². The van der Waals surface area contributed by atoms with Crippen LogP contribution in [-0.2, 0) is 82.2 Å². The molecule has 4 fully saturated rings. The quantitative estimate of drug-likeness (QED) is 0.0126. The van der Waals surface area contributed by atoms with Gasteiger partial charge in [-0.1, -0.05) is 61.7 Å². The van der Waals surface area contributed by atoms with Crippen molar-refractivity contribution in [2.75, 3.05) is 89.5 Å². The van der Waals surface area contributed by atoms with Crippen molar-refractivity contribution in [3.8, 4) is 33.8 Å². The molecule has 32 heteroatoms. The molecule has 0 spiro atoms. The molecule has 8 amide bonds. The van der Waals surface area contributed by atoms with Gasteiger partial charge in [-0.25, -0.2) is 19.4 Å². The summed E-state index contributed by atoms with van der Waals surface area (Å²) < 4.78 is 55.8. The molecule has 32 nitrogen and oxygen atoms in total. The third-order valence-corrected chi connectivity index (χ3v) is 23.3. The minimum Gasteiger partial charge on any atom is -0.493 e. The first-order valence-corrected chi connectivity index (χ1v) is 43.6. The van der Waals surface area contributed by atoms with Crippen molar-refractivity contribution in [2.24, 2.45) is 28.2 Å². The summed E-state index contributed by atoms with van der Waals surface area (Å²) in [6, 6.07) is 35.5. The lowest BCUT2D eigenvalue weighted by Crippen LogP contribution is -2.57. The Balaban J connectivity index is 0.000000216. The van der Waals surface area contributed by atoms with Crippen LogP contribution in [0.15, 0.2) is 178 Å². The summed E-state index contributed by atoms with van der Waals surface area (Å²) in [5.74, 6) is -0.616. The van der Waals surface area contributed by atoms with Crippen LogP contribution in [0.1, 0.15) is 172 Å². The molecule has 0 aliphatic carbocycles. The molecule has 4 unspecified atom stereocenters. The van der Waals surface area contributed by atoms with Gasteiger partial charge in [0, 0.05) is 139 Å². The molecule has 678 valence electrons. The number of piperidine rings is 2. The molecule has 10 heterocycles. The minimum absolute atomic E-state index is 0.00743. The van der Waals surface area contributed by atoms with E-state index in [1.165, 1.54) is 22.0 Å². The van der Waals surface area contributed by atoms with E-state index >= 15 is 0 Å². The van der Waals surface area contributed by atoms with Crippen LogP contribution < -0.4 is 46.3 Å². The fourth-order valence-corrected chi connectivity index (χ4v) is 16.9. The first-order valence-electron chi connectivity index (χ1n) is 43.6. The summed E-state index contributed by atoms with van der Waals surface area (Å²) in [5, 5.41) is 11.6. The maximum atomic E-state index is 14.2. The highest BCUT2D eigenvalue weighted by atomic mass is 16.7. The Hall–Kier alpha value is -13.7. The Kier molecular flexibility index (Phi) is 31.5. The predicted molar refractivity (Wildman–Crippen MR) is 484 cm³/mol. The van der Waals surface area contributed by atoms with Crippen LogP contribution in [0.3, 0.4) is 0 Å². The van der Waals surface area contributed by atoms with Gasteiger partial charge in [-0.05, 0) is 210 Å². The molecular formula is C97H111N13O19. The number of carbonyl (C=O) groups is 9. The highest BCUT2D eigenvalue weighted by molar-refractivity contribution is 6.09. The average molecular weight is 1760 g/mol. The van der Waals surface area contributed by atoms with Crippen molar-refractivity contribution in [1.29, 1.82) is 0 Å². The highest BCUT2D eigenvalue weighted by Gasteiger charge is 2.49. The number of aromatic nitrogens is 4. The number of nitrogen functional groups attached to an aromatic ring is 1. The largest absolute Gasteiger partial charge is 0.493 e. The zero-order valence-corrected chi connectivity index (χ0v) is 73.6. The summed E-state index contributed by atoms with van der Waals surface area (Å²) in [7, 11) is 7.28. The molecule has 129 heavy (non-hydrogen) atoms. The standard InChI is InChI=1S/C52H59N7O9.C44H52N6O8.CO2/c1-5-23-67-52(64)59-42-30-46(33(2)26-40(42)50(63)58-22-8-6-11-41(58)51(59)68-48-13-7-9-24-66-48)65-25-10-12-47(61)54-39-29-44(57(4)32-39)49(62)55-38-20-16-35(17-21-38)36-28-43(56(3)31-36)45(60)27-34-14-18-37(53)19-15-34;1-5-21-57-44(54)50-36-26-38(29(2)24-34(36)42(53)49-19-8-6-11-35(49)43(50)58-40-13-7-9-22-56-40)55-23-10-12-39(51)45-33-25-37(48(4)28-33)41(52)46-32-16-14-30(15-17-32)31-18-20-47(3)27-31;2-1-3/h5,14-21,26,28-32,41,48,51H,1,6-13,22-25,27,53H2,2-4H3,(H,54,61)(H,55,62);5,14-18,20,24-28,35,40,43H,1,6-13,19,21-23H2,2-4H3,(H,45,51)(H,46,52);/t41-,48?,51?;35-,40?,43?;/m00./s1. The number of Topliss-reactive ketones (excluding diaryl/α,β-unsaturated/α-hetero) is 1. The highest BCUT2D eigenvalue weighted by Crippen LogP contribution is 2.43. The Morgan fingerprint density at radius 3 is 1.36 bits per heavy atom. The summed E-state index contributed by atoms with van der Waals surface area (Å²) in [4.78, 5) is 145. The fraction of sp³-hybridized carbons (Fsp3) is 0.381. The molecule has 15 rings (SSSR count). The molecule has 4 saturated heterocycles. The smallest absolute Gasteiger partial charge is 0.416 e. The summed E-state index contributed by atoms with van der Waals surface area (Å²) >= 11 is 0. The van der Waals surface area contributed by atoms with E-state index in [-0.39, 0.29) is 93.1 Å². The number of nitrogens with one attached hydrogen (secondary N) is 4. The van der Waals surface area contributed by atoms with E-state index in [0.29, 0.717) is 155 Å².